The second-order valence-corrected chi connectivity index (χ2v) is 8.49. The Morgan fingerprint density at radius 3 is 1.97 bits per heavy atom. The summed E-state index contributed by atoms with van der Waals surface area (Å²) in [4.78, 5) is 0. The summed E-state index contributed by atoms with van der Waals surface area (Å²) in [7, 11) is 0. The lowest BCUT2D eigenvalue weighted by Gasteiger charge is -2.19. The first kappa shape index (κ1) is 20.4. The number of hydrazone groups is 1. The van der Waals surface area contributed by atoms with Gasteiger partial charge >= 0.3 is 0 Å². The molecule has 4 heteroatoms. The average Bonchev–Trinajstić information content (AvgIpc) is 3.05. The maximum atomic E-state index is 4.87. The van der Waals surface area contributed by atoms with Crippen molar-refractivity contribution in [3.8, 4) is 5.69 Å². The zero-order valence-electron chi connectivity index (χ0n) is 17.4. The lowest BCUT2D eigenvalue weighted by Crippen LogP contribution is -2.09. The Bertz CT molecular complexity index is 1140. The minimum atomic E-state index is 1.03. The van der Waals surface area contributed by atoms with Crippen molar-refractivity contribution in [1.29, 1.82) is 0 Å². The molecule has 0 amide bonds. The highest BCUT2D eigenvalue weighted by Gasteiger charge is 2.12. The van der Waals surface area contributed by atoms with E-state index in [9.17, 15) is 0 Å². The highest BCUT2D eigenvalue weighted by atomic mass is 127. The number of aromatic nitrogens is 1. The van der Waals surface area contributed by atoms with Crippen LogP contribution in [0.4, 0.5) is 11.4 Å². The van der Waals surface area contributed by atoms with Crippen LogP contribution in [0.5, 0.6) is 0 Å². The molecule has 0 atom stereocenters. The van der Waals surface area contributed by atoms with E-state index in [1.165, 1.54) is 26.2 Å². The zero-order valence-corrected chi connectivity index (χ0v) is 19.5. The van der Waals surface area contributed by atoms with E-state index in [0.717, 1.165) is 16.9 Å². The molecule has 0 aliphatic carbocycles. The predicted octanol–water partition coefficient (Wildman–Crippen LogP) is 7.18. The second-order valence-electron chi connectivity index (χ2n) is 7.32. The summed E-state index contributed by atoms with van der Waals surface area (Å²) in [6, 6.07) is 29.2. The number of para-hydroxylation sites is 2. The van der Waals surface area contributed by atoms with E-state index >= 15 is 0 Å². The molecule has 0 spiro atoms. The molecular formula is C26H24IN3. The fraction of sp³-hybridized carbons (Fsp3) is 0.115. The molecule has 4 rings (SSSR count). The third kappa shape index (κ3) is 4.19. The number of aryl methyl sites for hydroxylation is 2. The molecule has 0 unspecified atom stereocenters. The predicted molar refractivity (Wildman–Crippen MR) is 135 cm³/mol. The highest BCUT2D eigenvalue weighted by molar-refractivity contribution is 14.1. The lowest BCUT2D eigenvalue weighted by atomic mass is 10.2. The van der Waals surface area contributed by atoms with E-state index in [4.69, 9.17) is 5.10 Å². The second kappa shape index (κ2) is 8.88. The molecule has 0 saturated carbocycles. The Labute approximate surface area is 191 Å². The number of halogens is 1. The Morgan fingerprint density at radius 2 is 1.40 bits per heavy atom. The summed E-state index contributed by atoms with van der Waals surface area (Å²) >= 11 is 2.38. The molecule has 4 aromatic rings. The van der Waals surface area contributed by atoms with E-state index in [2.05, 4.69) is 96.5 Å². The normalized spacial score (nSPS) is 11.2. The Balaban J connectivity index is 1.73. The maximum absolute atomic E-state index is 4.87. The summed E-state index contributed by atoms with van der Waals surface area (Å²) in [5, 5.41) is 6.84. The van der Waals surface area contributed by atoms with Crippen molar-refractivity contribution in [3.63, 3.8) is 0 Å². The smallest absolute Gasteiger partial charge is 0.0652 e. The van der Waals surface area contributed by atoms with Gasteiger partial charge in [0.2, 0.25) is 0 Å². The number of anilines is 2. The molecule has 0 saturated heterocycles. The van der Waals surface area contributed by atoms with Crippen molar-refractivity contribution >= 4 is 40.2 Å². The van der Waals surface area contributed by atoms with Crippen LogP contribution in [0.25, 0.3) is 5.69 Å². The molecule has 0 aliphatic rings. The van der Waals surface area contributed by atoms with Gasteiger partial charge in [0.1, 0.15) is 0 Å². The van der Waals surface area contributed by atoms with E-state index < -0.39 is 0 Å². The SMILES string of the molecule is Cc1cc(-n2c(C)cc(/C=N\N(c3ccccc3)c3ccccc3)c2C)ccc1I. The Kier molecular flexibility index (Phi) is 6.04. The minimum absolute atomic E-state index is 1.03. The first-order valence-corrected chi connectivity index (χ1v) is 11.0. The molecular weight excluding hydrogens is 481 g/mol. The van der Waals surface area contributed by atoms with Gasteiger partial charge in [-0.1, -0.05) is 36.4 Å². The third-order valence-corrected chi connectivity index (χ3v) is 6.39. The molecule has 0 bridgehead atoms. The van der Waals surface area contributed by atoms with E-state index in [0.29, 0.717) is 0 Å². The fourth-order valence-corrected chi connectivity index (χ4v) is 3.96. The van der Waals surface area contributed by atoms with Gasteiger partial charge in [-0.25, -0.2) is 5.01 Å². The summed E-state index contributed by atoms with van der Waals surface area (Å²) < 4.78 is 3.57. The number of benzene rings is 3. The number of rotatable bonds is 5. The first-order chi connectivity index (χ1) is 14.5. The van der Waals surface area contributed by atoms with Gasteiger partial charge in [0.25, 0.3) is 0 Å². The molecule has 3 aromatic carbocycles. The van der Waals surface area contributed by atoms with Crippen LogP contribution >= 0.6 is 22.6 Å². The van der Waals surface area contributed by atoms with Crippen LogP contribution in [0.3, 0.4) is 0 Å². The number of hydrogen-bond donors (Lipinski definition) is 0. The molecule has 30 heavy (non-hydrogen) atoms. The molecule has 1 heterocycles. The largest absolute Gasteiger partial charge is 0.318 e. The van der Waals surface area contributed by atoms with Crippen LogP contribution in [0.2, 0.25) is 0 Å². The number of nitrogens with zero attached hydrogens (tertiary/aromatic N) is 3. The number of hydrogen-bond acceptors (Lipinski definition) is 2. The van der Waals surface area contributed by atoms with Gasteiger partial charge in [-0.05, 0) is 97.5 Å². The van der Waals surface area contributed by atoms with E-state index in [-0.39, 0.29) is 0 Å². The summed E-state index contributed by atoms with van der Waals surface area (Å²) in [5.41, 5.74) is 8.02. The molecule has 0 aliphatic heterocycles. The van der Waals surface area contributed by atoms with Crippen LogP contribution < -0.4 is 5.01 Å². The summed E-state index contributed by atoms with van der Waals surface area (Å²) in [6.07, 6.45) is 1.96. The van der Waals surface area contributed by atoms with Gasteiger partial charge in [-0.15, -0.1) is 0 Å². The maximum Gasteiger partial charge on any atom is 0.0652 e. The minimum Gasteiger partial charge on any atom is -0.318 e. The molecule has 0 N–H and O–H groups in total. The van der Waals surface area contributed by atoms with Gasteiger partial charge in [0, 0.05) is 26.2 Å². The molecule has 0 fully saturated rings. The van der Waals surface area contributed by atoms with Gasteiger partial charge < -0.3 is 4.57 Å². The topological polar surface area (TPSA) is 20.5 Å². The molecule has 1 aromatic heterocycles. The van der Waals surface area contributed by atoms with Crippen molar-refractivity contribution in [2.24, 2.45) is 5.10 Å². The van der Waals surface area contributed by atoms with Gasteiger partial charge in [0.15, 0.2) is 0 Å². The monoisotopic (exact) mass is 505 g/mol. The standard InChI is InChI=1S/C26H24IN3/c1-19-16-25(14-15-26(19)27)29-20(2)17-22(21(29)3)18-28-30(23-10-6-4-7-11-23)24-12-8-5-9-13-24/h4-18H,1-3H3/b28-18-. The van der Waals surface area contributed by atoms with E-state index in [1.807, 2.05) is 47.6 Å². The quantitative estimate of drug-likeness (QED) is 0.160. The zero-order chi connectivity index (χ0) is 21.1. The molecule has 3 nitrogen and oxygen atoms in total. The lowest BCUT2D eigenvalue weighted by molar-refractivity contribution is 0.961. The molecule has 0 radical (unpaired) electrons. The summed E-state index contributed by atoms with van der Waals surface area (Å²) in [6.45, 7) is 6.44. The third-order valence-electron chi connectivity index (χ3n) is 5.18. The van der Waals surface area contributed by atoms with Crippen LogP contribution in [-0.4, -0.2) is 10.8 Å². The summed E-state index contributed by atoms with van der Waals surface area (Å²) in [5.74, 6) is 0. The molecule has 150 valence electrons. The Morgan fingerprint density at radius 1 is 0.800 bits per heavy atom. The van der Waals surface area contributed by atoms with Crippen LogP contribution in [0, 0.1) is 24.3 Å². The van der Waals surface area contributed by atoms with Crippen molar-refractivity contribution in [3.05, 3.63) is 111 Å². The van der Waals surface area contributed by atoms with Gasteiger partial charge in [-0.3, -0.25) is 0 Å². The van der Waals surface area contributed by atoms with E-state index in [1.54, 1.807) is 0 Å². The highest BCUT2D eigenvalue weighted by Crippen LogP contribution is 2.26. The fourth-order valence-electron chi connectivity index (χ4n) is 3.62. The van der Waals surface area contributed by atoms with Crippen molar-refractivity contribution in [1.82, 2.24) is 4.57 Å². The van der Waals surface area contributed by atoms with Crippen LogP contribution in [-0.2, 0) is 0 Å². The first-order valence-electron chi connectivity index (χ1n) is 9.94. The van der Waals surface area contributed by atoms with Crippen molar-refractivity contribution in [2.45, 2.75) is 20.8 Å². The van der Waals surface area contributed by atoms with Crippen molar-refractivity contribution < 1.29 is 0 Å². The Hall–Kier alpha value is -2.86. The van der Waals surface area contributed by atoms with Crippen LogP contribution in [0.1, 0.15) is 22.5 Å². The van der Waals surface area contributed by atoms with Gasteiger partial charge in [-0.2, -0.15) is 5.10 Å². The van der Waals surface area contributed by atoms with Gasteiger partial charge in [0.05, 0.1) is 17.6 Å². The average molecular weight is 505 g/mol. The van der Waals surface area contributed by atoms with Crippen LogP contribution in [0.15, 0.2) is 90.0 Å². The van der Waals surface area contributed by atoms with Crippen molar-refractivity contribution in [2.75, 3.05) is 5.01 Å².